The molecule has 13 heavy (non-hydrogen) atoms. The molecule has 0 radical (unpaired) electrons. The second kappa shape index (κ2) is 5.61. The van der Waals surface area contributed by atoms with E-state index in [2.05, 4.69) is 18.9 Å². The Balaban J connectivity index is 2.40. The Kier molecular flexibility index (Phi) is 4.74. The van der Waals surface area contributed by atoms with Crippen molar-refractivity contribution >= 4 is 0 Å². The number of likely N-dealkylation sites (tertiary alicyclic amines) is 1. The van der Waals surface area contributed by atoms with Crippen LogP contribution in [0.15, 0.2) is 0 Å². The van der Waals surface area contributed by atoms with Crippen LogP contribution in [0.2, 0.25) is 0 Å². The lowest BCUT2D eigenvalue weighted by molar-refractivity contribution is 0.160. The van der Waals surface area contributed by atoms with E-state index < -0.39 is 0 Å². The summed E-state index contributed by atoms with van der Waals surface area (Å²) in [6.45, 7) is 5.01. The van der Waals surface area contributed by atoms with Crippen LogP contribution in [0.1, 0.15) is 32.6 Å². The third-order valence-corrected chi connectivity index (χ3v) is 3.42. The van der Waals surface area contributed by atoms with Gasteiger partial charge in [-0.1, -0.05) is 13.3 Å². The maximum absolute atomic E-state index is 9.22. The number of aliphatic hydroxyl groups is 1. The summed E-state index contributed by atoms with van der Waals surface area (Å²) in [4.78, 5) is 2.41. The fraction of sp³-hybridized carbons (Fsp3) is 1.00. The van der Waals surface area contributed by atoms with Gasteiger partial charge in [0.15, 0.2) is 0 Å². The van der Waals surface area contributed by atoms with Crippen molar-refractivity contribution in [3.05, 3.63) is 0 Å². The molecule has 2 heteroatoms. The van der Waals surface area contributed by atoms with Crippen LogP contribution < -0.4 is 0 Å². The first-order valence-electron chi connectivity index (χ1n) is 5.57. The number of hydrogen-bond acceptors (Lipinski definition) is 2. The van der Waals surface area contributed by atoms with E-state index in [9.17, 15) is 5.11 Å². The third kappa shape index (κ3) is 3.28. The summed E-state index contributed by atoms with van der Waals surface area (Å²) in [7, 11) is 2.20. The van der Waals surface area contributed by atoms with E-state index in [0.29, 0.717) is 12.5 Å². The molecule has 2 nitrogen and oxygen atoms in total. The molecular formula is C11H23NO. The highest BCUT2D eigenvalue weighted by atomic mass is 16.3. The second-order valence-electron chi connectivity index (χ2n) is 4.35. The largest absolute Gasteiger partial charge is 0.396 e. The maximum atomic E-state index is 9.22. The molecule has 0 amide bonds. The lowest BCUT2D eigenvalue weighted by atomic mass is 9.85. The van der Waals surface area contributed by atoms with E-state index in [4.69, 9.17) is 0 Å². The summed E-state index contributed by atoms with van der Waals surface area (Å²) in [5.74, 6) is 1.31. The van der Waals surface area contributed by atoms with Gasteiger partial charge < -0.3 is 10.0 Å². The second-order valence-corrected chi connectivity index (χ2v) is 4.35. The van der Waals surface area contributed by atoms with Gasteiger partial charge in [0.25, 0.3) is 0 Å². The quantitative estimate of drug-likeness (QED) is 0.724. The minimum Gasteiger partial charge on any atom is -0.396 e. The summed E-state index contributed by atoms with van der Waals surface area (Å²) in [5, 5.41) is 9.22. The third-order valence-electron chi connectivity index (χ3n) is 3.42. The molecule has 0 saturated carbocycles. The molecule has 1 fully saturated rings. The van der Waals surface area contributed by atoms with Gasteiger partial charge in [-0.05, 0) is 51.2 Å². The fourth-order valence-corrected chi connectivity index (χ4v) is 2.35. The van der Waals surface area contributed by atoms with Gasteiger partial charge in [0, 0.05) is 6.61 Å². The Morgan fingerprint density at radius 3 is 2.77 bits per heavy atom. The minimum absolute atomic E-state index is 0.380. The Morgan fingerprint density at radius 2 is 2.15 bits per heavy atom. The summed E-state index contributed by atoms with van der Waals surface area (Å²) in [5.41, 5.74) is 0. The number of hydrogen-bond donors (Lipinski definition) is 1. The van der Waals surface area contributed by atoms with Crippen molar-refractivity contribution in [2.24, 2.45) is 11.8 Å². The van der Waals surface area contributed by atoms with Gasteiger partial charge in [-0.15, -0.1) is 0 Å². The van der Waals surface area contributed by atoms with Crippen LogP contribution in [-0.4, -0.2) is 36.8 Å². The van der Waals surface area contributed by atoms with Crippen LogP contribution in [-0.2, 0) is 0 Å². The summed E-state index contributed by atoms with van der Waals surface area (Å²) in [6, 6.07) is 0. The van der Waals surface area contributed by atoms with Gasteiger partial charge in [-0.25, -0.2) is 0 Å². The predicted molar refractivity (Wildman–Crippen MR) is 55.7 cm³/mol. The highest BCUT2D eigenvalue weighted by Crippen LogP contribution is 2.26. The van der Waals surface area contributed by atoms with Crippen molar-refractivity contribution in [1.29, 1.82) is 0 Å². The standard InChI is InChI=1S/C11H23NO/c1-3-10(9-13)11-5-4-7-12(2)8-6-11/h10-11,13H,3-9H2,1-2H3. The van der Waals surface area contributed by atoms with E-state index in [1.165, 1.54) is 32.4 Å². The SMILES string of the molecule is CCC(CO)C1CCCN(C)CC1. The molecule has 1 saturated heterocycles. The van der Waals surface area contributed by atoms with Crippen molar-refractivity contribution in [1.82, 2.24) is 4.90 Å². The van der Waals surface area contributed by atoms with Crippen molar-refractivity contribution < 1.29 is 5.11 Å². The van der Waals surface area contributed by atoms with Gasteiger partial charge in [0.1, 0.15) is 0 Å². The molecular weight excluding hydrogens is 162 g/mol. The van der Waals surface area contributed by atoms with Gasteiger partial charge >= 0.3 is 0 Å². The first-order chi connectivity index (χ1) is 6.27. The summed E-state index contributed by atoms with van der Waals surface area (Å²) in [6.07, 6.45) is 5.02. The van der Waals surface area contributed by atoms with Gasteiger partial charge in [0.05, 0.1) is 0 Å². The first-order valence-corrected chi connectivity index (χ1v) is 5.57. The summed E-state index contributed by atoms with van der Waals surface area (Å²) >= 11 is 0. The smallest absolute Gasteiger partial charge is 0.0461 e. The highest BCUT2D eigenvalue weighted by Gasteiger charge is 2.21. The number of aliphatic hydroxyl groups excluding tert-OH is 1. The van der Waals surface area contributed by atoms with Gasteiger partial charge in [-0.2, -0.15) is 0 Å². The average molecular weight is 185 g/mol. The van der Waals surface area contributed by atoms with Gasteiger partial charge in [-0.3, -0.25) is 0 Å². The molecule has 1 heterocycles. The van der Waals surface area contributed by atoms with Crippen molar-refractivity contribution in [3.63, 3.8) is 0 Å². The van der Waals surface area contributed by atoms with Crippen LogP contribution >= 0.6 is 0 Å². The molecule has 1 N–H and O–H groups in total. The zero-order valence-electron chi connectivity index (χ0n) is 9.00. The Hall–Kier alpha value is -0.0800. The van der Waals surface area contributed by atoms with Crippen molar-refractivity contribution in [2.45, 2.75) is 32.6 Å². The zero-order chi connectivity index (χ0) is 9.68. The van der Waals surface area contributed by atoms with Crippen LogP contribution in [0.25, 0.3) is 0 Å². The molecule has 0 aromatic carbocycles. The molecule has 0 bridgehead atoms. The fourth-order valence-electron chi connectivity index (χ4n) is 2.35. The molecule has 2 unspecified atom stereocenters. The molecule has 78 valence electrons. The van der Waals surface area contributed by atoms with Crippen LogP contribution in [0.5, 0.6) is 0 Å². The first kappa shape index (κ1) is 11.0. The predicted octanol–water partition coefficient (Wildman–Crippen LogP) is 1.74. The zero-order valence-corrected chi connectivity index (χ0v) is 9.00. The molecule has 0 aromatic rings. The Labute approximate surface area is 81.9 Å². The Bertz CT molecular complexity index is 134. The van der Waals surface area contributed by atoms with E-state index >= 15 is 0 Å². The maximum Gasteiger partial charge on any atom is 0.0461 e. The normalized spacial score (nSPS) is 28.4. The summed E-state index contributed by atoms with van der Waals surface area (Å²) < 4.78 is 0. The molecule has 1 rings (SSSR count). The van der Waals surface area contributed by atoms with Crippen LogP contribution in [0.3, 0.4) is 0 Å². The van der Waals surface area contributed by atoms with Gasteiger partial charge in [0.2, 0.25) is 0 Å². The minimum atomic E-state index is 0.380. The van der Waals surface area contributed by atoms with Crippen LogP contribution in [0, 0.1) is 11.8 Å². The number of nitrogens with zero attached hydrogens (tertiary/aromatic N) is 1. The van der Waals surface area contributed by atoms with E-state index in [1.54, 1.807) is 0 Å². The topological polar surface area (TPSA) is 23.5 Å². The Morgan fingerprint density at radius 1 is 1.38 bits per heavy atom. The number of rotatable bonds is 3. The monoisotopic (exact) mass is 185 g/mol. The molecule has 1 aliphatic heterocycles. The molecule has 0 aromatic heterocycles. The highest BCUT2D eigenvalue weighted by molar-refractivity contribution is 4.73. The van der Waals surface area contributed by atoms with Crippen molar-refractivity contribution in [2.75, 3.05) is 26.7 Å². The van der Waals surface area contributed by atoms with Crippen LogP contribution in [0.4, 0.5) is 0 Å². The van der Waals surface area contributed by atoms with E-state index in [-0.39, 0.29) is 0 Å². The molecule has 0 spiro atoms. The molecule has 1 aliphatic rings. The van der Waals surface area contributed by atoms with Crippen molar-refractivity contribution in [3.8, 4) is 0 Å². The molecule has 2 atom stereocenters. The molecule has 0 aliphatic carbocycles. The van der Waals surface area contributed by atoms with E-state index in [1.807, 2.05) is 0 Å². The average Bonchev–Trinajstić information content (AvgIpc) is 2.34. The lowest BCUT2D eigenvalue weighted by Crippen LogP contribution is -2.21. The lowest BCUT2D eigenvalue weighted by Gasteiger charge is -2.22. The van der Waals surface area contributed by atoms with E-state index in [0.717, 1.165) is 12.3 Å².